The Hall–Kier alpha value is -0.850. The number of halogens is 1. The minimum absolute atomic E-state index is 0.250. The number of aromatic nitrogens is 1. The molecule has 0 saturated carbocycles. The van der Waals surface area contributed by atoms with Gasteiger partial charge >= 0.3 is 5.97 Å². The molecule has 5 nitrogen and oxygen atoms in total. The number of methoxy groups -OCH3 is 1. The van der Waals surface area contributed by atoms with Crippen molar-refractivity contribution in [1.82, 2.24) is 9.88 Å². The van der Waals surface area contributed by atoms with E-state index in [2.05, 4.69) is 21.8 Å². The van der Waals surface area contributed by atoms with Crippen molar-refractivity contribution < 1.29 is 9.53 Å². The number of thiazole rings is 1. The van der Waals surface area contributed by atoms with E-state index in [9.17, 15) is 4.79 Å². The van der Waals surface area contributed by atoms with E-state index < -0.39 is 5.97 Å². The number of hydrogen-bond donors (Lipinski definition) is 0. The Morgan fingerprint density at radius 2 is 2.15 bits per heavy atom. The van der Waals surface area contributed by atoms with E-state index >= 15 is 0 Å². The van der Waals surface area contributed by atoms with Gasteiger partial charge in [-0.25, -0.2) is 9.78 Å². The number of rotatable bonds is 2. The second kappa shape index (κ2) is 5.50. The Morgan fingerprint density at radius 3 is 2.90 bits per heavy atom. The summed E-state index contributed by atoms with van der Waals surface area (Å²) in [4.78, 5) is 21.1. The van der Waals surface area contributed by atoms with E-state index in [-0.39, 0.29) is 5.15 Å². The molecule has 7 heteroatoms. The van der Waals surface area contributed by atoms with Gasteiger partial charge in [0.15, 0.2) is 15.2 Å². The number of carbonyl (C=O) groups is 1. The number of anilines is 1. The zero-order valence-corrected chi connectivity index (χ0v) is 13.2. The highest BCUT2D eigenvalue weighted by atomic mass is 35.5. The predicted molar refractivity (Wildman–Crippen MR) is 79.9 cm³/mol. The quantitative estimate of drug-likeness (QED) is 0.783. The van der Waals surface area contributed by atoms with Gasteiger partial charge < -0.3 is 9.64 Å². The maximum Gasteiger partial charge on any atom is 0.351 e. The number of carbonyl (C=O) groups excluding carboxylic acids is 1. The minimum atomic E-state index is -0.410. The highest BCUT2D eigenvalue weighted by Crippen LogP contribution is 2.34. The lowest BCUT2D eigenvalue weighted by Crippen LogP contribution is -2.36. The SMILES string of the molecule is COC(=O)c1sc(N2CCC3CCC(C2)N3C)nc1Cl. The van der Waals surface area contributed by atoms with Gasteiger partial charge in [0.25, 0.3) is 0 Å². The Labute approximate surface area is 127 Å². The summed E-state index contributed by atoms with van der Waals surface area (Å²) in [6.45, 7) is 1.92. The number of likely N-dealkylation sites (N-methyl/N-ethyl adjacent to an activating group) is 1. The largest absolute Gasteiger partial charge is 0.465 e. The lowest BCUT2D eigenvalue weighted by molar-refractivity contribution is 0.0606. The lowest BCUT2D eigenvalue weighted by Gasteiger charge is -2.25. The monoisotopic (exact) mass is 315 g/mol. The Bertz CT molecular complexity index is 522. The molecule has 20 heavy (non-hydrogen) atoms. The smallest absolute Gasteiger partial charge is 0.351 e. The van der Waals surface area contributed by atoms with E-state index in [0.29, 0.717) is 17.0 Å². The highest BCUT2D eigenvalue weighted by Gasteiger charge is 2.35. The summed E-state index contributed by atoms with van der Waals surface area (Å²) in [6.07, 6.45) is 3.67. The van der Waals surface area contributed by atoms with Crippen LogP contribution in [-0.4, -0.2) is 55.2 Å². The van der Waals surface area contributed by atoms with Gasteiger partial charge in [0.2, 0.25) is 0 Å². The van der Waals surface area contributed by atoms with E-state index in [1.54, 1.807) is 0 Å². The number of fused-ring (bicyclic) bond motifs is 2. The number of nitrogens with zero attached hydrogens (tertiary/aromatic N) is 3. The number of ether oxygens (including phenoxy) is 1. The third kappa shape index (κ3) is 2.40. The van der Waals surface area contributed by atoms with Crippen LogP contribution in [0.15, 0.2) is 0 Å². The van der Waals surface area contributed by atoms with Crippen LogP contribution >= 0.6 is 22.9 Å². The molecule has 2 aliphatic rings. The molecule has 2 unspecified atom stereocenters. The summed E-state index contributed by atoms with van der Waals surface area (Å²) < 4.78 is 4.73. The van der Waals surface area contributed by atoms with E-state index in [4.69, 9.17) is 16.3 Å². The second-order valence-corrected chi connectivity index (χ2v) is 6.73. The van der Waals surface area contributed by atoms with Crippen molar-refractivity contribution in [2.45, 2.75) is 31.3 Å². The van der Waals surface area contributed by atoms with Crippen LogP contribution in [-0.2, 0) is 4.74 Å². The average Bonchev–Trinajstić information content (AvgIpc) is 2.90. The molecule has 2 atom stereocenters. The van der Waals surface area contributed by atoms with Gasteiger partial charge in [0.1, 0.15) is 0 Å². The molecule has 0 amide bonds. The zero-order valence-electron chi connectivity index (χ0n) is 11.6. The standard InChI is InChI=1S/C13H18ClN3O2S/c1-16-8-3-4-9(16)7-17(6-5-8)13-15-11(14)10(20-13)12(18)19-2/h8-9H,3-7H2,1-2H3. The maximum atomic E-state index is 11.6. The first-order valence-corrected chi connectivity index (χ1v) is 8.01. The van der Waals surface area contributed by atoms with Crippen LogP contribution in [0.2, 0.25) is 5.15 Å². The topological polar surface area (TPSA) is 45.7 Å². The van der Waals surface area contributed by atoms with Crippen LogP contribution in [0, 0.1) is 0 Å². The van der Waals surface area contributed by atoms with Crippen LogP contribution in [0.4, 0.5) is 5.13 Å². The normalized spacial score (nSPS) is 26.6. The molecule has 2 aliphatic heterocycles. The molecule has 3 rings (SSSR count). The van der Waals surface area contributed by atoms with Crippen molar-refractivity contribution in [1.29, 1.82) is 0 Å². The molecule has 2 fully saturated rings. The minimum Gasteiger partial charge on any atom is -0.465 e. The number of esters is 1. The van der Waals surface area contributed by atoms with Crippen molar-refractivity contribution in [3.05, 3.63) is 10.0 Å². The molecule has 0 aliphatic carbocycles. The summed E-state index contributed by atoms with van der Waals surface area (Å²) in [5.41, 5.74) is 0. The predicted octanol–water partition coefficient (Wildman–Crippen LogP) is 2.26. The molecular formula is C13H18ClN3O2S. The van der Waals surface area contributed by atoms with Crippen LogP contribution in [0.25, 0.3) is 0 Å². The number of hydrogen-bond acceptors (Lipinski definition) is 6. The van der Waals surface area contributed by atoms with Gasteiger partial charge in [-0.1, -0.05) is 22.9 Å². The van der Waals surface area contributed by atoms with E-state index in [0.717, 1.165) is 24.6 Å². The van der Waals surface area contributed by atoms with Crippen molar-refractivity contribution in [3.63, 3.8) is 0 Å². The van der Waals surface area contributed by atoms with Crippen molar-refractivity contribution in [2.24, 2.45) is 0 Å². The first-order chi connectivity index (χ1) is 9.60. The molecular weight excluding hydrogens is 298 g/mol. The lowest BCUT2D eigenvalue weighted by atomic mass is 10.1. The first kappa shape index (κ1) is 14.1. The molecule has 2 bridgehead atoms. The Morgan fingerprint density at radius 1 is 1.40 bits per heavy atom. The molecule has 110 valence electrons. The summed E-state index contributed by atoms with van der Waals surface area (Å²) in [6, 6.07) is 1.26. The average molecular weight is 316 g/mol. The molecule has 2 saturated heterocycles. The highest BCUT2D eigenvalue weighted by molar-refractivity contribution is 7.18. The third-order valence-corrected chi connectivity index (χ3v) is 5.85. The van der Waals surface area contributed by atoms with Crippen molar-refractivity contribution in [2.75, 3.05) is 32.1 Å². The maximum absolute atomic E-state index is 11.6. The second-order valence-electron chi connectivity index (χ2n) is 5.39. The third-order valence-electron chi connectivity index (χ3n) is 4.36. The van der Waals surface area contributed by atoms with Gasteiger partial charge in [0, 0.05) is 25.2 Å². The molecule has 0 N–H and O–H groups in total. The Kier molecular flexibility index (Phi) is 3.88. The van der Waals surface area contributed by atoms with Crippen LogP contribution in [0.3, 0.4) is 0 Å². The zero-order chi connectivity index (χ0) is 14.3. The first-order valence-electron chi connectivity index (χ1n) is 6.81. The molecule has 1 aromatic heterocycles. The van der Waals surface area contributed by atoms with Crippen LogP contribution in [0.1, 0.15) is 28.9 Å². The summed E-state index contributed by atoms with van der Waals surface area (Å²) in [7, 11) is 3.57. The molecule has 3 heterocycles. The summed E-state index contributed by atoms with van der Waals surface area (Å²) in [5.74, 6) is -0.410. The Balaban J connectivity index is 1.81. The van der Waals surface area contributed by atoms with Gasteiger partial charge in [0.05, 0.1) is 7.11 Å². The molecule has 0 aromatic carbocycles. The van der Waals surface area contributed by atoms with Crippen molar-refractivity contribution in [3.8, 4) is 0 Å². The van der Waals surface area contributed by atoms with E-state index in [1.165, 1.54) is 31.3 Å². The fraction of sp³-hybridized carbons (Fsp3) is 0.692. The fourth-order valence-corrected chi connectivity index (χ4v) is 4.36. The van der Waals surface area contributed by atoms with Gasteiger partial charge in [-0.15, -0.1) is 0 Å². The van der Waals surface area contributed by atoms with Crippen LogP contribution in [0.5, 0.6) is 0 Å². The summed E-state index contributed by atoms with van der Waals surface area (Å²) >= 11 is 7.37. The van der Waals surface area contributed by atoms with Crippen molar-refractivity contribution >= 4 is 34.0 Å². The fourth-order valence-electron chi connectivity index (χ4n) is 3.13. The molecule has 1 aromatic rings. The molecule has 0 radical (unpaired) electrons. The van der Waals surface area contributed by atoms with Gasteiger partial charge in [-0.2, -0.15) is 0 Å². The van der Waals surface area contributed by atoms with Crippen LogP contribution < -0.4 is 4.90 Å². The summed E-state index contributed by atoms with van der Waals surface area (Å²) in [5, 5.41) is 1.08. The van der Waals surface area contributed by atoms with Gasteiger partial charge in [-0.05, 0) is 26.3 Å². The van der Waals surface area contributed by atoms with Gasteiger partial charge in [-0.3, -0.25) is 4.90 Å². The molecule has 0 spiro atoms. The van der Waals surface area contributed by atoms with E-state index in [1.807, 2.05) is 0 Å².